The summed E-state index contributed by atoms with van der Waals surface area (Å²) >= 11 is 0. The van der Waals surface area contributed by atoms with Crippen molar-refractivity contribution in [2.75, 3.05) is 6.54 Å². The minimum atomic E-state index is -0.986. The molecular formula is C15H19NO3. The van der Waals surface area contributed by atoms with Crippen molar-refractivity contribution in [1.29, 1.82) is 0 Å². The van der Waals surface area contributed by atoms with E-state index in [1.165, 1.54) is 0 Å². The fraction of sp³-hybridized carbons (Fsp3) is 0.333. The van der Waals surface area contributed by atoms with Gasteiger partial charge in [0.2, 0.25) is 5.91 Å². The lowest BCUT2D eigenvalue weighted by Gasteiger charge is -2.17. The van der Waals surface area contributed by atoms with Crippen LogP contribution in [0.4, 0.5) is 0 Å². The molecule has 0 spiro atoms. The number of aryl methyl sites for hydroxylation is 2. The smallest absolute Gasteiger partial charge is 0.304 e. The molecule has 4 heteroatoms. The number of hydrogen-bond donors (Lipinski definition) is 2. The number of carbonyl (C=O) groups excluding carboxylic acids is 1. The number of rotatable bonds is 6. The van der Waals surface area contributed by atoms with Crippen molar-refractivity contribution in [2.45, 2.75) is 26.2 Å². The minimum absolute atomic E-state index is 0.215. The van der Waals surface area contributed by atoms with Gasteiger partial charge in [0.25, 0.3) is 0 Å². The molecule has 0 aromatic heterocycles. The van der Waals surface area contributed by atoms with Crippen molar-refractivity contribution in [1.82, 2.24) is 5.32 Å². The highest BCUT2D eigenvalue weighted by Gasteiger charge is 2.24. The van der Waals surface area contributed by atoms with E-state index in [9.17, 15) is 9.59 Å². The zero-order valence-electron chi connectivity index (χ0n) is 11.3. The Hall–Kier alpha value is -2.10. The Morgan fingerprint density at radius 2 is 2.11 bits per heavy atom. The molecule has 1 aromatic rings. The number of hydrogen-bond acceptors (Lipinski definition) is 2. The third-order valence-electron chi connectivity index (χ3n) is 2.93. The Labute approximate surface area is 113 Å². The standard InChI is InChI=1S/C15H19NO3/c1-4-7-16-15(19)13(9-14(17)18)12-8-10(2)5-6-11(12)3/h4-6,8,13H,1,7,9H2,2-3H3,(H,16,19)(H,17,18). The second kappa shape index (κ2) is 6.73. The van der Waals surface area contributed by atoms with E-state index in [1.807, 2.05) is 32.0 Å². The van der Waals surface area contributed by atoms with Crippen molar-refractivity contribution in [2.24, 2.45) is 0 Å². The van der Waals surface area contributed by atoms with Gasteiger partial charge in [-0.3, -0.25) is 9.59 Å². The highest BCUT2D eigenvalue weighted by atomic mass is 16.4. The maximum atomic E-state index is 12.1. The predicted octanol–water partition coefficient (Wildman–Crippen LogP) is 2.16. The molecule has 1 unspecified atom stereocenters. The van der Waals surface area contributed by atoms with E-state index >= 15 is 0 Å². The molecule has 4 nitrogen and oxygen atoms in total. The van der Waals surface area contributed by atoms with Gasteiger partial charge in [-0.2, -0.15) is 0 Å². The van der Waals surface area contributed by atoms with Gasteiger partial charge in [-0.25, -0.2) is 0 Å². The Bertz CT molecular complexity index is 494. The molecule has 0 bridgehead atoms. The Morgan fingerprint density at radius 1 is 1.42 bits per heavy atom. The molecule has 0 aliphatic heterocycles. The quantitative estimate of drug-likeness (QED) is 0.771. The SMILES string of the molecule is C=CCNC(=O)C(CC(=O)O)c1cc(C)ccc1C. The van der Waals surface area contributed by atoms with Gasteiger partial charge in [0, 0.05) is 6.54 Å². The highest BCUT2D eigenvalue weighted by molar-refractivity contribution is 5.88. The number of carboxylic acid groups (broad SMARTS) is 1. The van der Waals surface area contributed by atoms with E-state index in [-0.39, 0.29) is 12.3 Å². The summed E-state index contributed by atoms with van der Waals surface area (Å²) in [6.45, 7) is 7.66. The molecule has 1 atom stereocenters. The molecule has 19 heavy (non-hydrogen) atoms. The molecule has 0 fully saturated rings. The number of amides is 1. The van der Waals surface area contributed by atoms with Crippen LogP contribution in [0, 0.1) is 13.8 Å². The lowest BCUT2D eigenvalue weighted by molar-refractivity contribution is -0.139. The van der Waals surface area contributed by atoms with E-state index < -0.39 is 11.9 Å². The van der Waals surface area contributed by atoms with Gasteiger partial charge < -0.3 is 10.4 Å². The maximum absolute atomic E-state index is 12.1. The average molecular weight is 261 g/mol. The largest absolute Gasteiger partial charge is 0.481 e. The van der Waals surface area contributed by atoms with Gasteiger partial charge >= 0.3 is 5.97 Å². The summed E-state index contributed by atoms with van der Waals surface area (Å²) in [5.74, 6) is -1.94. The normalized spacial score (nSPS) is 11.7. The molecular weight excluding hydrogens is 242 g/mol. The summed E-state index contributed by atoms with van der Waals surface area (Å²) in [7, 11) is 0. The van der Waals surface area contributed by atoms with Crippen molar-refractivity contribution >= 4 is 11.9 Å². The second-order valence-electron chi connectivity index (χ2n) is 4.54. The maximum Gasteiger partial charge on any atom is 0.304 e. The first-order valence-electron chi connectivity index (χ1n) is 6.13. The average Bonchev–Trinajstić information content (AvgIpc) is 2.36. The minimum Gasteiger partial charge on any atom is -0.481 e. The van der Waals surface area contributed by atoms with Gasteiger partial charge in [0.05, 0.1) is 12.3 Å². The monoisotopic (exact) mass is 261 g/mol. The van der Waals surface area contributed by atoms with Crippen molar-refractivity contribution in [3.8, 4) is 0 Å². The lowest BCUT2D eigenvalue weighted by atomic mass is 9.90. The number of aliphatic carboxylic acids is 1. The van der Waals surface area contributed by atoms with Crippen LogP contribution in [0.2, 0.25) is 0 Å². The molecule has 0 aliphatic carbocycles. The molecule has 0 radical (unpaired) electrons. The van der Waals surface area contributed by atoms with Crippen LogP contribution in [-0.2, 0) is 9.59 Å². The third kappa shape index (κ3) is 4.25. The van der Waals surface area contributed by atoms with Crippen LogP contribution in [0.15, 0.2) is 30.9 Å². The molecule has 1 aromatic carbocycles. The molecule has 0 heterocycles. The van der Waals surface area contributed by atoms with Gasteiger partial charge in [-0.1, -0.05) is 29.8 Å². The fourth-order valence-corrected chi connectivity index (χ4v) is 1.95. The topological polar surface area (TPSA) is 66.4 Å². The van der Waals surface area contributed by atoms with Crippen molar-refractivity contribution < 1.29 is 14.7 Å². The van der Waals surface area contributed by atoms with Gasteiger partial charge in [0.1, 0.15) is 0 Å². The molecule has 102 valence electrons. The summed E-state index contributed by atoms with van der Waals surface area (Å²) in [5.41, 5.74) is 2.70. The molecule has 1 amide bonds. The third-order valence-corrected chi connectivity index (χ3v) is 2.93. The van der Waals surface area contributed by atoms with Crippen LogP contribution in [0.1, 0.15) is 29.0 Å². The second-order valence-corrected chi connectivity index (χ2v) is 4.54. The van der Waals surface area contributed by atoms with Gasteiger partial charge in [-0.05, 0) is 25.0 Å². The Balaban J connectivity index is 3.08. The zero-order chi connectivity index (χ0) is 14.4. The molecule has 2 N–H and O–H groups in total. The highest BCUT2D eigenvalue weighted by Crippen LogP contribution is 2.24. The van der Waals surface area contributed by atoms with Crippen molar-refractivity contribution in [3.05, 3.63) is 47.5 Å². The van der Waals surface area contributed by atoms with Gasteiger partial charge in [-0.15, -0.1) is 6.58 Å². The van der Waals surface area contributed by atoms with Crippen LogP contribution >= 0.6 is 0 Å². The van der Waals surface area contributed by atoms with Crippen molar-refractivity contribution in [3.63, 3.8) is 0 Å². The van der Waals surface area contributed by atoms with Crippen LogP contribution in [-0.4, -0.2) is 23.5 Å². The van der Waals surface area contributed by atoms with E-state index in [0.717, 1.165) is 16.7 Å². The summed E-state index contributed by atoms with van der Waals surface area (Å²) < 4.78 is 0. The van der Waals surface area contributed by atoms with Crippen LogP contribution in [0.3, 0.4) is 0 Å². The predicted molar refractivity (Wildman–Crippen MR) is 74.1 cm³/mol. The number of benzene rings is 1. The van der Waals surface area contributed by atoms with E-state index in [2.05, 4.69) is 11.9 Å². The number of carbonyl (C=O) groups is 2. The molecule has 0 saturated carbocycles. The first-order valence-corrected chi connectivity index (χ1v) is 6.13. The summed E-state index contributed by atoms with van der Waals surface area (Å²) in [6, 6.07) is 5.72. The summed E-state index contributed by atoms with van der Waals surface area (Å²) in [6.07, 6.45) is 1.35. The first-order chi connectivity index (χ1) is 8.95. The molecule has 1 rings (SSSR count). The Kier molecular flexibility index (Phi) is 5.30. The Morgan fingerprint density at radius 3 is 2.68 bits per heavy atom. The molecule has 0 aliphatic rings. The van der Waals surface area contributed by atoms with Crippen LogP contribution < -0.4 is 5.32 Å². The van der Waals surface area contributed by atoms with Gasteiger partial charge in [0.15, 0.2) is 0 Å². The number of nitrogens with one attached hydrogen (secondary N) is 1. The molecule has 0 saturated heterocycles. The zero-order valence-corrected chi connectivity index (χ0v) is 11.3. The lowest BCUT2D eigenvalue weighted by Crippen LogP contribution is -2.31. The van der Waals surface area contributed by atoms with E-state index in [1.54, 1.807) is 6.08 Å². The van der Waals surface area contributed by atoms with E-state index in [4.69, 9.17) is 5.11 Å². The summed E-state index contributed by atoms with van der Waals surface area (Å²) in [5, 5.41) is 11.6. The fourth-order valence-electron chi connectivity index (χ4n) is 1.95. The van der Waals surface area contributed by atoms with Crippen LogP contribution in [0.25, 0.3) is 0 Å². The summed E-state index contributed by atoms with van der Waals surface area (Å²) in [4.78, 5) is 23.0. The van der Waals surface area contributed by atoms with Crippen LogP contribution in [0.5, 0.6) is 0 Å². The van der Waals surface area contributed by atoms with E-state index in [0.29, 0.717) is 6.54 Å². The first kappa shape index (κ1) is 15.0. The number of carboxylic acids is 1.